The molecular weight excluding hydrogens is 436 g/mol. The minimum atomic E-state index is -3.99. The van der Waals surface area contributed by atoms with Crippen LogP contribution in [-0.2, 0) is 10.1 Å². The van der Waals surface area contributed by atoms with Crippen molar-refractivity contribution in [1.29, 1.82) is 0 Å². The summed E-state index contributed by atoms with van der Waals surface area (Å²) in [5.41, 5.74) is 3.34. The molecule has 1 heterocycles. The van der Waals surface area contributed by atoms with Crippen LogP contribution in [0.1, 0.15) is 15.9 Å². The first-order chi connectivity index (χ1) is 16.0. The molecule has 0 saturated heterocycles. The monoisotopic (exact) mass is 454 g/mol. The van der Waals surface area contributed by atoms with Gasteiger partial charge in [-0.05, 0) is 47.0 Å². The molecule has 4 aromatic carbocycles. The Kier molecular flexibility index (Phi) is 5.28. The number of ketones is 1. The van der Waals surface area contributed by atoms with Crippen molar-refractivity contribution in [1.82, 2.24) is 0 Å². The summed E-state index contributed by atoms with van der Waals surface area (Å²) in [5.74, 6) is 0.224. The molecular formula is C27H18O5S. The number of carbonyl (C=O) groups is 1. The van der Waals surface area contributed by atoms with Crippen LogP contribution in [0.25, 0.3) is 17.2 Å². The molecule has 0 radical (unpaired) electrons. The van der Waals surface area contributed by atoms with Crippen LogP contribution in [-0.4, -0.2) is 14.2 Å². The number of allylic oxidation sites excluding steroid dienone is 1. The van der Waals surface area contributed by atoms with E-state index >= 15 is 0 Å². The Hall–Kier alpha value is -4.16. The van der Waals surface area contributed by atoms with Gasteiger partial charge >= 0.3 is 10.1 Å². The van der Waals surface area contributed by atoms with Crippen molar-refractivity contribution in [3.8, 4) is 22.6 Å². The summed E-state index contributed by atoms with van der Waals surface area (Å²) in [5, 5.41) is 0. The third-order valence-corrected chi connectivity index (χ3v) is 6.46. The van der Waals surface area contributed by atoms with E-state index in [2.05, 4.69) is 0 Å². The first-order valence-electron chi connectivity index (χ1n) is 10.2. The second kappa shape index (κ2) is 8.41. The van der Waals surface area contributed by atoms with Crippen LogP contribution in [0.4, 0.5) is 0 Å². The Morgan fingerprint density at radius 2 is 1.36 bits per heavy atom. The van der Waals surface area contributed by atoms with Crippen molar-refractivity contribution in [2.75, 3.05) is 0 Å². The van der Waals surface area contributed by atoms with Gasteiger partial charge in [-0.25, -0.2) is 0 Å². The van der Waals surface area contributed by atoms with Crippen molar-refractivity contribution in [2.45, 2.75) is 4.90 Å². The average Bonchev–Trinajstić information content (AvgIpc) is 3.15. The van der Waals surface area contributed by atoms with Gasteiger partial charge in [0.2, 0.25) is 5.78 Å². The second-order valence-electron chi connectivity index (χ2n) is 7.44. The number of carbonyl (C=O) groups excluding carboxylic acids is 1. The minimum absolute atomic E-state index is 0.0435. The Morgan fingerprint density at radius 1 is 0.727 bits per heavy atom. The van der Waals surface area contributed by atoms with E-state index in [1.165, 1.54) is 30.3 Å². The van der Waals surface area contributed by atoms with Gasteiger partial charge < -0.3 is 8.92 Å². The molecule has 0 saturated carbocycles. The van der Waals surface area contributed by atoms with Crippen LogP contribution >= 0.6 is 0 Å². The third kappa shape index (κ3) is 4.29. The van der Waals surface area contributed by atoms with E-state index in [1.807, 2.05) is 54.6 Å². The minimum Gasteiger partial charge on any atom is -0.452 e. The quantitative estimate of drug-likeness (QED) is 0.284. The number of ether oxygens (including phenoxy) is 1. The molecule has 1 aliphatic heterocycles. The molecule has 0 amide bonds. The van der Waals surface area contributed by atoms with Crippen molar-refractivity contribution in [3.05, 3.63) is 120 Å². The average molecular weight is 455 g/mol. The van der Waals surface area contributed by atoms with Crippen LogP contribution in [0.3, 0.4) is 0 Å². The normalized spacial score (nSPS) is 14.1. The number of benzene rings is 4. The number of hydrogen-bond donors (Lipinski definition) is 0. The highest BCUT2D eigenvalue weighted by Gasteiger charge is 2.28. The van der Waals surface area contributed by atoms with E-state index in [1.54, 1.807) is 24.3 Å². The lowest BCUT2D eigenvalue weighted by Crippen LogP contribution is -2.09. The number of Topliss-reactive ketones (excluding diaryl/α,β-unsaturated/α-hetero) is 1. The summed E-state index contributed by atoms with van der Waals surface area (Å²) < 4.78 is 35.9. The SMILES string of the molecule is O=C1C(=Cc2ccc(-c3ccccc3)cc2)Oc2cc(OS(=O)(=O)c3ccccc3)ccc21. The van der Waals surface area contributed by atoms with Gasteiger partial charge in [0, 0.05) is 6.07 Å². The van der Waals surface area contributed by atoms with Crippen LogP contribution in [0.15, 0.2) is 114 Å². The molecule has 4 aromatic rings. The maximum Gasteiger partial charge on any atom is 0.339 e. The molecule has 5 nitrogen and oxygen atoms in total. The Morgan fingerprint density at radius 3 is 2.06 bits per heavy atom. The van der Waals surface area contributed by atoms with Crippen molar-refractivity contribution in [2.24, 2.45) is 0 Å². The summed E-state index contributed by atoms with van der Waals surface area (Å²) >= 11 is 0. The zero-order chi connectivity index (χ0) is 22.8. The van der Waals surface area contributed by atoms with Crippen LogP contribution in [0.2, 0.25) is 0 Å². The molecule has 0 N–H and O–H groups in total. The first-order valence-corrected chi connectivity index (χ1v) is 11.6. The summed E-state index contributed by atoms with van der Waals surface area (Å²) in [6.07, 6.45) is 1.67. The van der Waals surface area contributed by atoms with Crippen LogP contribution < -0.4 is 8.92 Å². The topological polar surface area (TPSA) is 69.7 Å². The predicted molar refractivity (Wildman–Crippen MR) is 126 cm³/mol. The highest BCUT2D eigenvalue weighted by Crippen LogP contribution is 2.35. The van der Waals surface area contributed by atoms with Crippen LogP contribution in [0.5, 0.6) is 11.5 Å². The summed E-state index contributed by atoms with van der Waals surface area (Å²) in [7, 11) is -3.99. The van der Waals surface area contributed by atoms with E-state index in [-0.39, 0.29) is 27.9 Å². The fourth-order valence-electron chi connectivity index (χ4n) is 3.53. The van der Waals surface area contributed by atoms with Gasteiger partial charge in [-0.2, -0.15) is 8.42 Å². The van der Waals surface area contributed by atoms with Gasteiger partial charge in [0.25, 0.3) is 0 Å². The maximum absolute atomic E-state index is 12.8. The molecule has 1 aliphatic rings. The number of fused-ring (bicyclic) bond motifs is 1. The molecule has 0 atom stereocenters. The number of hydrogen-bond acceptors (Lipinski definition) is 5. The van der Waals surface area contributed by atoms with Crippen molar-refractivity contribution in [3.63, 3.8) is 0 Å². The fraction of sp³-hybridized carbons (Fsp3) is 0. The Labute approximate surface area is 191 Å². The van der Waals surface area contributed by atoms with Gasteiger partial charge in [-0.1, -0.05) is 72.8 Å². The van der Waals surface area contributed by atoms with E-state index in [9.17, 15) is 13.2 Å². The van der Waals surface area contributed by atoms with Gasteiger partial charge in [-0.3, -0.25) is 4.79 Å². The third-order valence-electron chi connectivity index (χ3n) is 5.19. The molecule has 33 heavy (non-hydrogen) atoms. The molecule has 0 aromatic heterocycles. The largest absolute Gasteiger partial charge is 0.452 e. The molecule has 0 unspecified atom stereocenters. The maximum atomic E-state index is 12.8. The molecule has 0 spiro atoms. The Bertz CT molecular complexity index is 1460. The molecule has 0 aliphatic carbocycles. The zero-order valence-corrected chi connectivity index (χ0v) is 18.2. The molecule has 0 fully saturated rings. The first kappa shape index (κ1) is 20.7. The van der Waals surface area contributed by atoms with E-state index in [4.69, 9.17) is 8.92 Å². The second-order valence-corrected chi connectivity index (χ2v) is 8.98. The standard InChI is InChI=1S/C27H18O5S/c28-27-24-16-15-22(32-33(29,30)23-9-5-2-6-10-23)18-25(24)31-26(27)17-19-11-13-21(14-12-19)20-7-3-1-4-8-20/h1-18H. The lowest BCUT2D eigenvalue weighted by Gasteiger charge is -2.07. The van der Waals surface area contributed by atoms with Crippen molar-refractivity contribution < 1.29 is 22.1 Å². The highest BCUT2D eigenvalue weighted by molar-refractivity contribution is 7.87. The van der Waals surface area contributed by atoms with E-state index in [0.29, 0.717) is 5.56 Å². The van der Waals surface area contributed by atoms with Gasteiger partial charge in [0.05, 0.1) is 5.56 Å². The van der Waals surface area contributed by atoms with Gasteiger partial charge in [0.1, 0.15) is 16.4 Å². The number of rotatable bonds is 5. The lowest BCUT2D eigenvalue weighted by atomic mass is 10.0. The van der Waals surface area contributed by atoms with Crippen LogP contribution in [0, 0.1) is 0 Å². The zero-order valence-electron chi connectivity index (χ0n) is 17.3. The lowest BCUT2D eigenvalue weighted by molar-refractivity contribution is 0.101. The van der Waals surface area contributed by atoms with Gasteiger partial charge in [0.15, 0.2) is 5.76 Å². The molecule has 0 bridgehead atoms. The van der Waals surface area contributed by atoms with E-state index in [0.717, 1.165) is 16.7 Å². The summed E-state index contributed by atoms with van der Waals surface area (Å²) in [6.45, 7) is 0. The van der Waals surface area contributed by atoms with Gasteiger partial charge in [-0.15, -0.1) is 0 Å². The fourth-order valence-corrected chi connectivity index (χ4v) is 4.48. The highest BCUT2D eigenvalue weighted by atomic mass is 32.2. The predicted octanol–water partition coefficient (Wildman–Crippen LogP) is 5.74. The molecule has 162 valence electrons. The van der Waals surface area contributed by atoms with E-state index < -0.39 is 10.1 Å². The molecule has 5 rings (SSSR count). The Balaban J connectivity index is 1.36. The summed E-state index contributed by atoms with van der Waals surface area (Å²) in [4.78, 5) is 12.8. The smallest absolute Gasteiger partial charge is 0.339 e. The summed E-state index contributed by atoms with van der Waals surface area (Å²) in [6, 6.07) is 30.0. The molecule has 6 heteroatoms. The van der Waals surface area contributed by atoms with Crippen molar-refractivity contribution >= 4 is 22.0 Å².